The molecule has 3 N–H and O–H groups in total. The number of nitrogens with one attached hydrogen (secondary N) is 1. The van der Waals surface area contributed by atoms with Crippen molar-refractivity contribution in [2.45, 2.75) is 11.8 Å². The lowest BCUT2D eigenvalue weighted by Crippen LogP contribution is -2.13. The molecule has 1 heterocycles. The molecule has 0 saturated carbocycles. The molecule has 0 saturated heterocycles. The number of hydrogen-bond acceptors (Lipinski definition) is 5. The first-order valence-corrected chi connectivity index (χ1v) is 8.06. The van der Waals surface area contributed by atoms with Crippen molar-refractivity contribution in [3.05, 3.63) is 40.9 Å². The predicted octanol–water partition coefficient (Wildman–Crippen LogP) is 1.56. The second kappa shape index (κ2) is 6.05. The Morgan fingerprint density at radius 2 is 2.15 bits per heavy atom. The number of sulfonamides is 1. The number of nitrogens with two attached hydrogens (primary N) is 1. The van der Waals surface area contributed by atoms with Crippen LogP contribution in [0.3, 0.4) is 0 Å². The van der Waals surface area contributed by atoms with Crippen LogP contribution in [0.25, 0.3) is 0 Å². The van der Waals surface area contributed by atoms with Gasteiger partial charge in [0.1, 0.15) is 0 Å². The van der Waals surface area contributed by atoms with Crippen LogP contribution in [0.15, 0.2) is 35.4 Å². The molecule has 0 fully saturated rings. The first-order chi connectivity index (χ1) is 9.53. The number of aromatic nitrogens is 1. The molecule has 0 amide bonds. The van der Waals surface area contributed by atoms with E-state index in [1.165, 1.54) is 17.5 Å². The third kappa shape index (κ3) is 3.36. The molecule has 0 unspecified atom stereocenters. The molecule has 0 bridgehead atoms. The van der Waals surface area contributed by atoms with Gasteiger partial charge in [0.15, 0.2) is 5.13 Å². The van der Waals surface area contributed by atoms with Crippen LogP contribution >= 0.6 is 11.3 Å². The molecular formula is C13H13N3O2S2. The largest absolute Gasteiger partial charge is 0.320 e. The highest BCUT2D eigenvalue weighted by Crippen LogP contribution is 2.22. The van der Waals surface area contributed by atoms with Gasteiger partial charge in [-0.15, -0.1) is 0 Å². The van der Waals surface area contributed by atoms with E-state index in [1.54, 1.807) is 31.2 Å². The zero-order valence-electron chi connectivity index (χ0n) is 10.8. The van der Waals surface area contributed by atoms with Crippen molar-refractivity contribution < 1.29 is 8.42 Å². The van der Waals surface area contributed by atoms with Crippen LogP contribution in [0, 0.1) is 18.8 Å². The van der Waals surface area contributed by atoms with Gasteiger partial charge in [0.2, 0.25) is 0 Å². The summed E-state index contributed by atoms with van der Waals surface area (Å²) in [5.74, 6) is 5.50. The normalized spacial score (nSPS) is 10.7. The van der Waals surface area contributed by atoms with E-state index in [1.807, 2.05) is 0 Å². The minimum absolute atomic E-state index is 0.241. The zero-order valence-corrected chi connectivity index (χ0v) is 12.4. The van der Waals surface area contributed by atoms with Crippen molar-refractivity contribution in [1.29, 1.82) is 0 Å². The second-order valence-corrected chi connectivity index (χ2v) is 6.59. The number of hydrogen-bond donors (Lipinski definition) is 2. The summed E-state index contributed by atoms with van der Waals surface area (Å²) in [5.41, 5.74) is 5.96. The van der Waals surface area contributed by atoms with Crippen LogP contribution in [0.5, 0.6) is 0 Å². The van der Waals surface area contributed by atoms with E-state index in [2.05, 4.69) is 21.5 Å². The van der Waals surface area contributed by atoms with Gasteiger partial charge in [-0.1, -0.05) is 41.4 Å². The van der Waals surface area contributed by atoms with Gasteiger partial charge in [0.25, 0.3) is 10.0 Å². The fraction of sp³-hybridized carbons (Fsp3) is 0.154. The van der Waals surface area contributed by atoms with Gasteiger partial charge in [-0.25, -0.2) is 13.4 Å². The standard InChI is InChI=1S/C13H13N3O2S2/c1-10-5-2-3-7-12(10)20(17,18)16-13-15-9-11(19-13)6-4-8-14/h2-3,5,7,9H,8,14H2,1H3,(H,15,16). The van der Waals surface area contributed by atoms with E-state index >= 15 is 0 Å². The molecule has 0 aliphatic heterocycles. The highest BCUT2D eigenvalue weighted by atomic mass is 32.2. The molecule has 5 nitrogen and oxygen atoms in total. The maximum atomic E-state index is 12.2. The Hall–Kier alpha value is -1.88. The summed E-state index contributed by atoms with van der Waals surface area (Å²) in [6.07, 6.45) is 1.52. The van der Waals surface area contributed by atoms with Crippen LogP contribution in [-0.2, 0) is 10.0 Å². The molecule has 20 heavy (non-hydrogen) atoms. The van der Waals surface area contributed by atoms with Crippen molar-refractivity contribution in [3.63, 3.8) is 0 Å². The van der Waals surface area contributed by atoms with E-state index in [9.17, 15) is 8.42 Å². The van der Waals surface area contributed by atoms with Gasteiger partial charge < -0.3 is 5.73 Å². The summed E-state index contributed by atoms with van der Waals surface area (Å²) in [5, 5.41) is 0.287. The highest BCUT2D eigenvalue weighted by Gasteiger charge is 2.17. The molecule has 1 aromatic carbocycles. The Morgan fingerprint density at radius 3 is 2.85 bits per heavy atom. The summed E-state index contributed by atoms with van der Waals surface area (Å²) < 4.78 is 26.9. The smallest absolute Gasteiger partial charge is 0.263 e. The number of nitrogens with zero attached hydrogens (tertiary/aromatic N) is 1. The van der Waals surface area contributed by atoms with Crippen molar-refractivity contribution in [2.75, 3.05) is 11.3 Å². The molecule has 0 radical (unpaired) electrons. The average molecular weight is 307 g/mol. The fourth-order valence-corrected chi connectivity index (χ4v) is 3.73. The van der Waals surface area contributed by atoms with Gasteiger partial charge in [0, 0.05) is 0 Å². The second-order valence-electron chi connectivity index (χ2n) is 3.91. The van der Waals surface area contributed by atoms with Gasteiger partial charge in [-0.2, -0.15) is 0 Å². The number of anilines is 1. The molecule has 104 valence electrons. The van der Waals surface area contributed by atoms with E-state index < -0.39 is 10.0 Å². The van der Waals surface area contributed by atoms with Gasteiger partial charge in [-0.05, 0) is 18.6 Å². The molecule has 0 atom stereocenters. The summed E-state index contributed by atoms with van der Waals surface area (Å²) >= 11 is 1.17. The SMILES string of the molecule is Cc1ccccc1S(=O)(=O)Nc1ncc(C#CCN)s1. The first kappa shape index (κ1) is 14.5. The van der Waals surface area contributed by atoms with E-state index in [-0.39, 0.29) is 16.6 Å². The summed E-state index contributed by atoms with van der Waals surface area (Å²) in [7, 11) is -3.63. The summed E-state index contributed by atoms with van der Waals surface area (Å²) in [6.45, 7) is 2.00. The maximum Gasteiger partial charge on any atom is 0.263 e. The van der Waals surface area contributed by atoms with Crippen LogP contribution < -0.4 is 10.5 Å². The van der Waals surface area contributed by atoms with Crippen LogP contribution in [0.4, 0.5) is 5.13 Å². The topological polar surface area (TPSA) is 85.1 Å². The number of thiazole rings is 1. The Labute approximate surface area is 121 Å². The summed E-state index contributed by atoms with van der Waals surface area (Å²) in [4.78, 5) is 4.90. The van der Waals surface area contributed by atoms with Crippen LogP contribution in [0.1, 0.15) is 10.4 Å². The molecule has 0 aliphatic carbocycles. The quantitative estimate of drug-likeness (QED) is 0.843. The van der Waals surface area contributed by atoms with Gasteiger partial charge >= 0.3 is 0 Å². The lowest BCUT2D eigenvalue weighted by molar-refractivity contribution is 0.600. The maximum absolute atomic E-state index is 12.2. The minimum Gasteiger partial charge on any atom is -0.320 e. The Morgan fingerprint density at radius 1 is 1.40 bits per heavy atom. The molecule has 2 rings (SSSR count). The van der Waals surface area contributed by atoms with Crippen LogP contribution in [0.2, 0.25) is 0 Å². The van der Waals surface area contributed by atoms with Gasteiger partial charge in [-0.3, -0.25) is 4.72 Å². The number of benzene rings is 1. The zero-order chi connectivity index (χ0) is 14.6. The lowest BCUT2D eigenvalue weighted by Gasteiger charge is -2.07. The molecule has 0 aliphatic rings. The third-order valence-corrected chi connectivity index (χ3v) is 4.88. The van der Waals surface area contributed by atoms with E-state index in [0.717, 1.165) is 0 Å². The third-order valence-electron chi connectivity index (χ3n) is 2.42. The van der Waals surface area contributed by atoms with Crippen molar-refractivity contribution in [3.8, 4) is 11.8 Å². The number of rotatable bonds is 3. The minimum atomic E-state index is -3.63. The van der Waals surface area contributed by atoms with E-state index in [0.29, 0.717) is 10.4 Å². The monoisotopic (exact) mass is 307 g/mol. The fourth-order valence-electron chi connectivity index (χ4n) is 1.55. The Bertz CT molecular complexity index is 770. The first-order valence-electron chi connectivity index (χ1n) is 5.76. The lowest BCUT2D eigenvalue weighted by atomic mass is 10.2. The Kier molecular flexibility index (Phi) is 4.39. The summed E-state index contributed by atoms with van der Waals surface area (Å²) in [6, 6.07) is 6.77. The highest BCUT2D eigenvalue weighted by molar-refractivity contribution is 7.93. The van der Waals surface area contributed by atoms with Crippen molar-refractivity contribution >= 4 is 26.5 Å². The molecular weight excluding hydrogens is 294 g/mol. The average Bonchev–Trinajstić information content (AvgIpc) is 2.83. The van der Waals surface area contributed by atoms with Gasteiger partial charge in [0.05, 0.1) is 22.5 Å². The molecule has 7 heteroatoms. The van der Waals surface area contributed by atoms with E-state index in [4.69, 9.17) is 5.73 Å². The van der Waals surface area contributed by atoms with Crippen molar-refractivity contribution in [2.24, 2.45) is 5.73 Å². The molecule has 1 aromatic heterocycles. The Balaban J connectivity index is 2.25. The number of aryl methyl sites for hydroxylation is 1. The van der Waals surface area contributed by atoms with Crippen LogP contribution in [-0.4, -0.2) is 19.9 Å². The molecule has 2 aromatic rings. The molecule has 0 spiro atoms. The van der Waals surface area contributed by atoms with Crippen molar-refractivity contribution in [1.82, 2.24) is 4.98 Å². The predicted molar refractivity (Wildman–Crippen MR) is 80.0 cm³/mol.